The van der Waals surface area contributed by atoms with Crippen molar-refractivity contribution in [3.63, 3.8) is 0 Å². The first-order chi connectivity index (χ1) is 12.7. The predicted octanol–water partition coefficient (Wildman–Crippen LogP) is 3.20. The van der Waals surface area contributed by atoms with Crippen molar-refractivity contribution in [3.8, 4) is 0 Å². The minimum Gasteiger partial charge on any atom is -0.354 e. The molecule has 0 spiro atoms. The van der Waals surface area contributed by atoms with E-state index < -0.39 is 0 Å². The number of hydrogen-bond acceptors (Lipinski definition) is 4. The van der Waals surface area contributed by atoms with Crippen LogP contribution in [0.15, 0.2) is 36.4 Å². The normalized spacial score (nSPS) is 22.6. The molecule has 2 atom stereocenters. The zero-order valence-electron chi connectivity index (χ0n) is 15.3. The van der Waals surface area contributed by atoms with Crippen molar-refractivity contribution in [1.82, 2.24) is 15.5 Å². The van der Waals surface area contributed by atoms with Crippen LogP contribution in [0.25, 0.3) is 0 Å². The average Bonchev–Trinajstić information content (AvgIpc) is 2.69. The van der Waals surface area contributed by atoms with Crippen molar-refractivity contribution >= 4 is 11.7 Å². The van der Waals surface area contributed by atoms with E-state index in [1.807, 2.05) is 19.1 Å². The Hall–Kier alpha value is -2.43. The number of anilines is 1. The molecule has 0 saturated carbocycles. The highest BCUT2D eigenvalue weighted by atomic mass is 16.2. The van der Waals surface area contributed by atoms with Gasteiger partial charge < -0.3 is 10.2 Å². The molecule has 0 bridgehead atoms. The number of nitrogens with one attached hydrogen (secondary N) is 1. The number of carbonyl (C=O) groups excluding carboxylic acids is 1. The van der Waals surface area contributed by atoms with Gasteiger partial charge in [-0.15, -0.1) is 5.10 Å². The van der Waals surface area contributed by atoms with E-state index in [-0.39, 0.29) is 17.9 Å². The highest BCUT2D eigenvalue weighted by Crippen LogP contribution is 2.30. The molecule has 2 aliphatic rings. The summed E-state index contributed by atoms with van der Waals surface area (Å²) in [7, 11) is 0. The second kappa shape index (κ2) is 7.44. The maximum atomic E-state index is 12.9. The Morgan fingerprint density at radius 2 is 2.00 bits per heavy atom. The third-order valence-electron chi connectivity index (χ3n) is 5.59. The molecule has 1 aliphatic heterocycles. The number of fused-ring (bicyclic) bond motifs is 1. The number of aryl methyl sites for hydroxylation is 2. The predicted molar refractivity (Wildman–Crippen MR) is 102 cm³/mol. The van der Waals surface area contributed by atoms with Crippen LogP contribution in [0.5, 0.6) is 0 Å². The van der Waals surface area contributed by atoms with Crippen molar-refractivity contribution in [2.75, 3.05) is 18.0 Å². The summed E-state index contributed by atoms with van der Waals surface area (Å²) in [6, 6.07) is 12.6. The van der Waals surface area contributed by atoms with Gasteiger partial charge in [-0.2, -0.15) is 5.10 Å². The summed E-state index contributed by atoms with van der Waals surface area (Å²) in [4.78, 5) is 15.1. The van der Waals surface area contributed by atoms with Gasteiger partial charge in [0, 0.05) is 13.1 Å². The largest absolute Gasteiger partial charge is 0.354 e. The smallest absolute Gasteiger partial charge is 0.225 e. The lowest BCUT2D eigenvalue weighted by molar-refractivity contribution is -0.126. The van der Waals surface area contributed by atoms with Gasteiger partial charge in [-0.25, -0.2) is 0 Å². The Morgan fingerprint density at radius 1 is 1.12 bits per heavy atom. The first kappa shape index (κ1) is 17.0. The van der Waals surface area contributed by atoms with E-state index in [2.05, 4.69) is 44.7 Å². The van der Waals surface area contributed by atoms with Gasteiger partial charge in [0.15, 0.2) is 5.82 Å². The fraction of sp³-hybridized carbons (Fsp3) is 0.476. The molecule has 1 aliphatic carbocycles. The van der Waals surface area contributed by atoms with Crippen molar-refractivity contribution in [2.24, 2.45) is 5.92 Å². The number of aromatic nitrogens is 2. The van der Waals surface area contributed by atoms with Crippen LogP contribution in [-0.4, -0.2) is 29.2 Å². The second-order valence-electron chi connectivity index (χ2n) is 7.47. The molecule has 4 rings (SSSR count). The molecule has 1 N–H and O–H groups in total. The lowest BCUT2D eigenvalue weighted by Gasteiger charge is -2.34. The van der Waals surface area contributed by atoms with E-state index >= 15 is 0 Å². The fourth-order valence-electron chi connectivity index (χ4n) is 4.15. The minimum absolute atomic E-state index is 0.0148. The lowest BCUT2D eigenvalue weighted by atomic mass is 9.87. The molecule has 1 aromatic heterocycles. The Morgan fingerprint density at radius 3 is 2.85 bits per heavy atom. The second-order valence-corrected chi connectivity index (χ2v) is 7.47. The highest BCUT2D eigenvalue weighted by molar-refractivity contribution is 5.80. The quantitative estimate of drug-likeness (QED) is 0.924. The number of hydrogen-bond donors (Lipinski definition) is 1. The fourth-order valence-corrected chi connectivity index (χ4v) is 4.15. The molecule has 136 valence electrons. The summed E-state index contributed by atoms with van der Waals surface area (Å²) < 4.78 is 0. The Labute approximate surface area is 154 Å². The van der Waals surface area contributed by atoms with E-state index in [9.17, 15) is 4.79 Å². The monoisotopic (exact) mass is 350 g/mol. The van der Waals surface area contributed by atoms with Crippen LogP contribution in [0, 0.1) is 12.8 Å². The number of piperidine rings is 1. The van der Waals surface area contributed by atoms with Gasteiger partial charge in [-0.05, 0) is 62.3 Å². The van der Waals surface area contributed by atoms with Gasteiger partial charge in [-0.3, -0.25) is 4.79 Å². The average molecular weight is 350 g/mol. The molecule has 1 aromatic carbocycles. The number of amides is 1. The summed E-state index contributed by atoms with van der Waals surface area (Å²) in [6.07, 6.45) is 5.23. The standard InChI is InChI=1S/C21H26N4O/c1-15-11-12-20(24-23-15)25-13-5-8-17(14-25)21(26)22-19-10-4-7-16-6-2-3-9-18(16)19/h2-3,6,9,11-12,17,19H,4-5,7-8,10,13-14H2,1H3,(H,22,26). The van der Waals surface area contributed by atoms with Gasteiger partial charge in [0.25, 0.3) is 0 Å². The molecule has 1 fully saturated rings. The molecule has 5 heteroatoms. The number of carbonyl (C=O) groups is 1. The SMILES string of the molecule is Cc1ccc(N2CCCC(C(=O)NC3CCCc4ccccc43)C2)nn1. The molecule has 0 radical (unpaired) electrons. The van der Waals surface area contributed by atoms with Crippen LogP contribution in [0.1, 0.15) is 48.5 Å². The maximum Gasteiger partial charge on any atom is 0.225 e. The molecule has 2 heterocycles. The van der Waals surface area contributed by atoms with Crippen molar-refractivity contribution < 1.29 is 4.79 Å². The van der Waals surface area contributed by atoms with Gasteiger partial charge in [0.05, 0.1) is 17.7 Å². The number of nitrogens with zero attached hydrogens (tertiary/aromatic N) is 3. The van der Waals surface area contributed by atoms with Gasteiger partial charge in [0.2, 0.25) is 5.91 Å². The number of rotatable bonds is 3. The third-order valence-corrected chi connectivity index (χ3v) is 5.59. The summed E-state index contributed by atoms with van der Waals surface area (Å²) in [6.45, 7) is 3.59. The number of benzene rings is 1. The van der Waals surface area contributed by atoms with E-state index in [0.29, 0.717) is 0 Å². The van der Waals surface area contributed by atoms with Crippen LogP contribution in [0.4, 0.5) is 5.82 Å². The summed E-state index contributed by atoms with van der Waals surface area (Å²) in [5, 5.41) is 11.8. The van der Waals surface area contributed by atoms with Crippen LogP contribution in [0.2, 0.25) is 0 Å². The van der Waals surface area contributed by atoms with E-state index in [4.69, 9.17) is 0 Å². The zero-order chi connectivity index (χ0) is 17.9. The zero-order valence-corrected chi connectivity index (χ0v) is 15.3. The van der Waals surface area contributed by atoms with Crippen molar-refractivity contribution in [1.29, 1.82) is 0 Å². The van der Waals surface area contributed by atoms with Gasteiger partial charge in [0.1, 0.15) is 0 Å². The van der Waals surface area contributed by atoms with E-state index in [0.717, 1.165) is 56.7 Å². The van der Waals surface area contributed by atoms with Gasteiger partial charge >= 0.3 is 0 Å². The highest BCUT2D eigenvalue weighted by Gasteiger charge is 2.29. The van der Waals surface area contributed by atoms with Crippen LogP contribution in [-0.2, 0) is 11.2 Å². The first-order valence-corrected chi connectivity index (χ1v) is 9.64. The van der Waals surface area contributed by atoms with Crippen molar-refractivity contribution in [2.45, 2.75) is 45.1 Å². The first-order valence-electron chi connectivity index (χ1n) is 9.64. The van der Waals surface area contributed by atoms with Crippen LogP contribution >= 0.6 is 0 Å². The molecule has 1 saturated heterocycles. The third kappa shape index (κ3) is 3.57. The molecule has 2 aromatic rings. The maximum absolute atomic E-state index is 12.9. The van der Waals surface area contributed by atoms with Crippen LogP contribution in [0.3, 0.4) is 0 Å². The lowest BCUT2D eigenvalue weighted by Crippen LogP contribution is -2.44. The molecule has 2 unspecified atom stereocenters. The van der Waals surface area contributed by atoms with E-state index in [1.165, 1.54) is 11.1 Å². The Bertz CT molecular complexity index is 774. The molecule has 5 nitrogen and oxygen atoms in total. The van der Waals surface area contributed by atoms with E-state index in [1.54, 1.807) is 0 Å². The summed E-state index contributed by atoms with van der Waals surface area (Å²) in [5.74, 6) is 1.06. The topological polar surface area (TPSA) is 58.1 Å². The van der Waals surface area contributed by atoms with Crippen LogP contribution < -0.4 is 10.2 Å². The van der Waals surface area contributed by atoms with Crippen molar-refractivity contribution in [3.05, 3.63) is 53.2 Å². The molecular weight excluding hydrogens is 324 g/mol. The molecule has 26 heavy (non-hydrogen) atoms. The Kier molecular flexibility index (Phi) is 4.87. The van der Waals surface area contributed by atoms with Gasteiger partial charge in [-0.1, -0.05) is 24.3 Å². The minimum atomic E-state index is 0.0148. The molecular formula is C21H26N4O. The Balaban J connectivity index is 1.43. The summed E-state index contributed by atoms with van der Waals surface area (Å²) in [5.41, 5.74) is 3.59. The molecule has 1 amide bonds. The summed E-state index contributed by atoms with van der Waals surface area (Å²) >= 11 is 0.